The molecule has 12 heavy (non-hydrogen) atoms. The SMILES string of the molecule is CC(=O)C1CCOC(C(C)=O)C1. The number of Topliss-reactive ketones (excluding diaryl/α,β-unsaturated/α-hetero) is 2. The van der Waals surface area contributed by atoms with E-state index < -0.39 is 0 Å². The number of hydrogen-bond donors (Lipinski definition) is 0. The molecule has 0 bridgehead atoms. The Morgan fingerprint density at radius 3 is 2.42 bits per heavy atom. The maximum Gasteiger partial charge on any atom is 0.158 e. The molecule has 1 aliphatic heterocycles. The molecule has 2 unspecified atom stereocenters. The van der Waals surface area contributed by atoms with Gasteiger partial charge in [0.05, 0.1) is 0 Å². The Labute approximate surface area is 72.1 Å². The second-order valence-electron chi connectivity index (χ2n) is 3.30. The van der Waals surface area contributed by atoms with Crippen molar-refractivity contribution >= 4 is 11.6 Å². The summed E-state index contributed by atoms with van der Waals surface area (Å²) in [6.07, 6.45) is 0.997. The van der Waals surface area contributed by atoms with Gasteiger partial charge >= 0.3 is 0 Å². The standard InChI is InChI=1S/C9H14O3/c1-6(10)8-3-4-12-9(5-8)7(2)11/h8-9H,3-5H2,1-2H3. The maximum absolute atomic E-state index is 11.0. The van der Waals surface area contributed by atoms with E-state index in [4.69, 9.17) is 4.74 Å². The second-order valence-corrected chi connectivity index (χ2v) is 3.30. The van der Waals surface area contributed by atoms with Crippen molar-refractivity contribution in [2.75, 3.05) is 6.61 Å². The Morgan fingerprint density at radius 2 is 1.92 bits per heavy atom. The molecule has 0 saturated carbocycles. The van der Waals surface area contributed by atoms with Crippen LogP contribution in [0, 0.1) is 5.92 Å². The van der Waals surface area contributed by atoms with Crippen LogP contribution >= 0.6 is 0 Å². The number of ketones is 2. The highest BCUT2D eigenvalue weighted by Gasteiger charge is 2.27. The first-order chi connectivity index (χ1) is 5.61. The molecule has 0 radical (unpaired) electrons. The van der Waals surface area contributed by atoms with Crippen molar-refractivity contribution in [3.8, 4) is 0 Å². The molecular weight excluding hydrogens is 156 g/mol. The quantitative estimate of drug-likeness (QED) is 0.620. The average Bonchev–Trinajstić information content (AvgIpc) is 2.04. The van der Waals surface area contributed by atoms with E-state index in [1.165, 1.54) is 6.92 Å². The largest absolute Gasteiger partial charge is 0.370 e. The smallest absolute Gasteiger partial charge is 0.158 e. The van der Waals surface area contributed by atoms with E-state index >= 15 is 0 Å². The zero-order valence-corrected chi connectivity index (χ0v) is 7.50. The summed E-state index contributed by atoms with van der Waals surface area (Å²) in [5.74, 6) is 0.234. The van der Waals surface area contributed by atoms with Crippen molar-refractivity contribution in [1.29, 1.82) is 0 Å². The first-order valence-corrected chi connectivity index (χ1v) is 4.23. The number of ether oxygens (including phenoxy) is 1. The third kappa shape index (κ3) is 2.14. The van der Waals surface area contributed by atoms with E-state index in [9.17, 15) is 9.59 Å². The summed E-state index contributed by atoms with van der Waals surface area (Å²) >= 11 is 0. The van der Waals surface area contributed by atoms with E-state index in [1.807, 2.05) is 0 Å². The van der Waals surface area contributed by atoms with Gasteiger partial charge in [-0.25, -0.2) is 0 Å². The van der Waals surface area contributed by atoms with Crippen LogP contribution in [0.25, 0.3) is 0 Å². The highest BCUT2D eigenvalue weighted by atomic mass is 16.5. The van der Waals surface area contributed by atoms with Crippen molar-refractivity contribution in [2.45, 2.75) is 32.8 Å². The Kier molecular flexibility index (Phi) is 2.98. The van der Waals surface area contributed by atoms with E-state index in [2.05, 4.69) is 0 Å². The van der Waals surface area contributed by atoms with Crippen LogP contribution in [-0.4, -0.2) is 24.3 Å². The highest BCUT2D eigenvalue weighted by molar-refractivity contribution is 5.83. The van der Waals surface area contributed by atoms with Crippen LogP contribution in [0.2, 0.25) is 0 Å². The Bertz CT molecular complexity index is 178. The van der Waals surface area contributed by atoms with Gasteiger partial charge in [-0.1, -0.05) is 0 Å². The molecule has 1 fully saturated rings. The molecular formula is C9H14O3. The molecule has 0 aromatic carbocycles. The molecule has 0 aromatic rings. The van der Waals surface area contributed by atoms with Crippen molar-refractivity contribution in [3.63, 3.8) is 0 Å². The van der Waals surface area contributed by atoms with Gasteiger partial charge < -0.3 is 4.74 Å². The van der Waals surface area contributed by atoms with E-state index in [0.717, 1.165) is 6.42 Å². The Hall–Kier alpha value is -0.700. The van der Waals surface area contributed by atoms with Gasteiger partial charge in [0.1, 0.15) is 11.9 Å². The predicted molar refractivity (Wildman–Crippen MR) is 43.8 cm³/mol. The minimum absolute atomic E-state index is 0.0287. The second kappa shape index (κ2) is 3.81. The number of rotatable bonds is 2. The lowest BCUT2D eigenvalue weighted by Crippen LogP contribution is -2.33. The topological polar surface area (TPSA) is 43.4 Å². The van der Waals surface area contributed by atoms with Crippen LogP contribution in [0.1, 0.15) is 26.7 Å². The van der Waals surface area contributed by atoms with Gasteiger partial charge in [-0.3, -0.25) is 9.59 Å². The highest BCUT2D eigenvalue weighted by Crippen LogP contribution is 2.21. The third-order valence-corrected chi connectivity index (χ3v) is 2.31. The molecule has 1 rings (SSSR count). The minimum Gasteiger partial charge on any atom is -0.370 e. The van der Waals surface area contributed by atoms with Crippen LogP contribution < -0.4 is 0 Å². The van der Waals surface area contributed by atoms with Gasteiger partial charge in [-0.05, 0) is 26.7 Å². The first kappa shape index (κ1) is 9.39. The first-order valence-electron chi connectivity index (χ1n) is 4.23. The molecule has 68 valence electrons. The zero-order chi connectivity index (χ0) is 9.14. The van der Waals surface area contributed by atoms with Crippen LogP contribution in [0.5, 0.6) is 0 Å². The number of carbonyl (C=O) groups excluding carboxylic acids is 2. The molecule has 3 heteroatoms. The third-order valence-electron chi connectivity index (χ3n) is 2.31. The fraction of sp³-hybridized carbons (Fsp3) is 0.778. The van der Waals surface area contributed by atoms with Crippen molar-refractivity contribution in [2.24, 2.45) is 5.92 Å². The van der Waals surface area contributed by atoms with E-state index in [0.29, 0.717) is 13.0 Å². The summed E-state index contributed by atoms with van der Waals surface area (Å²) in [6.45, 7) is 3.62. The van der Waals surface area contributed by atoms with Gasteiger partial charge in [0.2, 0.25) is 0 Å². The van der Waals surface area contributed by atoms with Crippen molar-refractivity contribution in [1.82, 2.24) is 0 Å². The number of hydrogen-bond acceptors (Lipinski definition) is 3. The van der Waals surface area contributed by atoms with Gasteiger partial charge in [-0.15, -0.1) is 0 Å². The average molecular weight is 170 g/mol. The van der Waals surface area contributed by atoms with Gasteiger partial charge in [-0.2, -0.15) is 0 Å². The summed E-state index contributed by atoms with van der Waals surface area (Å²) < 4.78 is 5.22. The zero-order valence-electron chi connectivity index (χ0n) is 7.50. The monoisotopic (exact) mass is 170 g/mol. The summed E-state index contributed by atoms with van der Waals surface area (Å²) in [5.41, 5.74) is 0. The molecule has 0 amide bonds. The fourth-order valence-electron chi connectivity index (χ4n) is 1.45. The van der Waals surface area contributed by atoms with Gasteiger partial charge in [0, 0.05) is 12.5 Å². The van der Waals surface area contributed by atoms with Crippen molar-refractivity contribution < 1.29 is 14.3 Å². The Balaban J connectivity index is 2.51. The van der Waals surface area contributed by atoms with Gasteiger partial charge in [0.15, 0.2) is 5.78 Å². The molecule has 2 atom stereocenters. The van der Waals surface area contributed by atoms with Crippen molar-refractivity contribution in [3.05, 3.63) is 0 Å². The Morgan fingerprint density at radius 1 is 1.25 bits per heavy atom. The maximum atomic E-state index is 11.0. The molecule has 0 aromatic heterocycles. The molecule has 3 nitrogen and oxygen atoms in total. The number of carbonyl (C=O) groups is 2. The lowest BCUT2D eigenvalue weighted by Gasteiger charge is -2.26. The molecule has 1 aliphatic rings. The summed E-state index contributed by atoms with van der Waals surface area (Å²) in [7, 11) is 0. The summed E-state index contributed by atoms with van der Waals surface area (Å²) in [4.78, 5) is 21.9. The van der Waals surface area contributed by atoms with Crippen LogP contribution in [0.4, 0.5) is 0 Å². The molecule has 1 saturated heterocycles. The summed E-state index contributed by atoms with van der Waals surface area (Å²) in [5, 5.41) is 0. The molecule has 0 N–H and O–H groups in total. The van der Waals surface area contributed by atoms with Crippen LogP contribution in [0.3, 0.4) is 0 Å². The molecule has 1 heterocycles. The van der Waals surface area contributed by atoms with Crippen LogP contribution in [0.15, 0.2) is 0 Å². The lowest BCUT2D eigenvalue weighted by molar-refractivity contribution is -0.136. The fourth-order valence-corrected chi connectivity index (χ4v) is 1.45. The van der Waals surface area contributed by atoms with Gasteiger partial charge in [0.25, 0.3) is 0 Å². The van der Waals surface area contributed by atoms with E-state index in [1.54, 1.807) is 6.92 Å². The minimum atomic E-state index is -0.340. The van der Waals surface area contributed by atoms with Crippen LogP contribution in [-0.2, 0) is 14.3 Å². The van der Waals surface area contributed by atoms with E-state index in [-0.39, 0.29) is 23.6 Å². The summed E-state index contributed by atoms with van der Waals surface area (Å²) in [6, 6.07) is 0. The predicted octanol–water partition coefficient (Wildman–Crippen LogP) is 0.960. The normalized spacial score (nSPS) is 29.8. The molecule has 0 aliphatic carbocycles. The lowest BCUT2D eigenvalue weighted by atomic mass is 9.91. The molecule has 0 spiro atoms.